The average molecular weight is 289 g/mol. The molecule has 0 bridgehead atoms. The number of alkyl halides is 1. The zero-order valence-corrected chi connectivity index (χ0v) is 11.9. The van der Waals surface area contributed by atoms with Crippen molar-refractivity contribution in [1.29, 1.82) is 0 Å². The molecule has 0 atom stereocenters. The fourth-order valence-electron chi connectivity index (χ4n) is 2.30. The van der Waals surface area contributed by atoms with Gasteiger partial charge in [0.1, 0.15) is 11.6 Å². The molecule has 0 N–H and O–H groups in total. The van der Waals surface area contributed by atoms with E-state index in [9.17, 15) is 4.39 Å². The van der Waals surface area contributed by atoms with E-state index in [0.717, 1.165) is 22.4 Å². The molecule has 0 radical (unpaired) electrons. The van der Waals surface area contributed by atoms with Gasteiger partial charge in [0.25, 0.3) is 0 Å². The van der Waals surface area contributed by atoms with Crippen LogP contribution in [0.25, 0.3) is 11.0 Å². The third-order valence-corrected chi connectivity index (χ3v) is 3.61. The molecule has 1 heterocycles. The zero-order valence-electron chi connectivity index (χ0n) is 11.1. The molecule has 20 heavy (non-hydrogen) atoms. The maximum Gasteiger partial charge on any atom is 0.125 e. The molecule has 0 spiro atoms. The molecule has 102 valence electrons. The van der Waals surface area contributed by atoms with Crippen LogP contribution < -0.4 is 0 Å². The fraction of sp³-hybridized carbons (Fsp3) is 0.188. The molecule has 0 saturated heterocycles. The number of halogens is 2. The van der Waals surface area contributed by atoms with Crippen molar-refractivity contribution in [1.82, 2.24) is 9.55 Å². The maximum atomic E-state index is 13.4. The van der Waals surface area contributed by atoms with Gasteiger partial charge in [-0.3, -0.25) is 0 Å². The van der Waals surface area contributed by atoms with Gasteiger partial charge in [-0.15, -0.1) is 11.6 Å². The summed E-state index contributed by atoms with van der Waals surface area (Å²) in [7, 11) is 0. The molecule has 0 saturated carbocycles. The van der Waals surface area contributed by atoms with Crippen molar-refractivity contribution in [2.45, 2.75) is 19.3 Å². The first kappa shape index (κ1) is 13.1. The van der Waals surface area contributed by atoms with Crippen LogP contribution in [0.2, 0.25) is 0 Å². The SMILES string of the molecule is Cc1ccc(Cn2c(CCl)nc3ccc(F)cc32)cc1. The van der Waals surface area contributed by atoms with Gasteiger partial charge in [0, 0.05) is 6.54 Å². The number of benzene rings is 2. The summed E-state index contributed by atoms with van der Waals surface area (Å²) >= 11 is 5.96. The van der Waals surface area contributed by atoms with Crippen LogP contribution in [0.1, 0.15) is 17.0 Å². The van der Waals surface area contributed by atoms with E-state index >= 15 is 0 Å². The molecular formula is C16H14ClFN2. The Morgan fingerprint density at radius 3 is 2.60 bits per heavy atom. The lowest BCUT2D eigenvalue weighted by molar-refractivity contribution is 0.628. The highest BCUT2D eigenvalue weighted by atomic mass is 35.5. The van der Waals surface area contributed by atoms with Crippen LogP contribution in [0.5, 0.6) is 0 Å². The molecule has 1 aromatic heterocycles. The van der Waals surface area contributed by atoms with E-state index in [-0.39, 0.29) is 5.82 Å². The second kappa shape index (κ2) is 5.25. The third kappa shape index (κ3) is 2.41. The average Bonchev–Trinajstić information content (AvgIpc) is 2.79. The van der Waals surface area contributed by atoms with Crippen molar-refractivity contribution >= 4 is 22.6 Å². The molecule has 0 aliphatic rings. The van der Waals surface area contributed by atoms with Crippen LogP contribution in [0.4, 0.5) is 4.39 Å². The van der Waals surface area contributed by atoms with Gasteiger partial charge in [-0.25, -0.2) is 9.37 Å². The number of hydrogen-bond donors (Lipinski definition) is 0. The molecule has 0 amide bonds. The van der Waals surface area contributed by atoms with Gasteiger partial charge >= 0.3 is 0 Å². The van der Waals surface area contributed by atoms with Gasteiger partial charge in [0.05, 0.1) is 16.9 Å². The number of nitrogens with zero attached hydrogens (tertiary/aromatic N) is 2. The van der Waals surface area contributed by atoms with Crippen molar-refractivity contribution in [3.63, 3.8) is 0 Å². The first-order chi connectivity index (χ1) is 9.67. The predicted molar refractivity (Wildman–Crippen MR) is 79.5 cm³/mol. The highest BCUT2D eigenvalue weighted by molar-refractivity contribution is 6.16. The summed E-state index contributed by atoms with van der Waals surface area (Å²) in [5.74, 6) is 0.804. The monoisotopic (exact) mass is 288 g/mol. The van der Waals surface area contributed by atoms with Crippen LogP contribution in [-0.2, 0) is 12.4 Å². The van der Waals surface area contributed by atoms with Crippen molar-refractivity contribution in [2.24, 2.45) is 0 Å². The lowest BCUT2D eigenvalue weighted by atomic mass is 10.1. The number of aryl methyl sites for hydroxylation is 1. The van der Waals surface area contributed by atoms with E-state index in [4.69, 9.17) is 11.6 Å². The minimum Gasteiger partial charge on any atom is -0.322 e. The Morgan fingerprint density at radius 1 is 1.15 bits per heavy atom. The summed E-state index contributed by atoms with van der Waals surface area (Å²) in [5.41, 5.74) is 3.91. The summed E-state index contributed by atoms with van der Waals surface area (Å²) in [6.07, 6.45) is 0. The van der Waals surface area contributed by atoms with Gasteiger partial charge in [-0.1, -0.05) is 29.8 Å². The third-order valence-electron chi connectivity index (χ3n) is 3.37. The summed E-state index contributed by atoms with van der Waals surface area (Å²) in [5, 5.41) is 0. The van der Waals surface area contributed by atoms with E-state index in [1.807, 2.05) is 4.57 Å². The molecule has 0 aliphatic carbocycles. The van der Waals surface area contributed by atoms with E-state index in [2.05, 4.69) is 36.2 Å². The first-order valence-electron chi connectivity index (χ1n) is 6.43. The minimum atomic E-state index is -0.260. The highest BCUT2D eigenvalue weighted by Crippen LogP contribution is 2.20. The van der Waals surface area contributed by atoms with Crippen LogP contribution in [0.15, 0.2) is 42.5 Å². The molecule has 4 heteroatoms. The maximum absolute atomic E-state index is 13.4. The van der Waals surface area contributed by atoms with E-state index in [1.165, 1.54) is 17.7 Å². The Bertz CT molecular complexity index is 747. The van der Waals surface area contributed by atoms with Crippen LogP contribution in [-0.4, -0.2) is 9.55 Å². The summed E-state index contributed by atoms with van der Waals surface area (Å²) in [6, 6.07) is 12.9. The number of hydrogen-bond acceptors (Lipinski definition) is 1. The summed E-state index contributed by atoms with van der Waals surface area (Å²) in [4.78, 5) is 4.45. The van der Waals surface area contributed by atoms with Gasteiger partial charge in [0.15, 0.2) is 0 Å². The quantitative estimate of drug-likeness (QED) is 0.658. The van der Waals surface area contributed by atoms with Gasteiger partial charge in [-0.2, -0.15) is 0 Å². The van der Waals surface area contributed by atoms with Crippen LogP contribution in [0.3, 0.4) is 0 Å². The molecule has 3 rings (SSSR count). The Labute approximate surface area is 121 Å². The normalized spacial score (nSPS) is 11.2. The predicted octanol–water partition coefficient (Wildman–Crippen LogP) is 4.27. The Kier molecular flexibility index (Phi) is 3.45. The topological polar surface area (TPSA) is 17.8 Å². The van der Waals surface area contributed by atoms with Crippen molar-refractivity contribution in [3.05, 3.63) is 65.2 Å². The minimum absolute atomic E-state index is 0.260. The number of aromatic nitrogens is 2. The molecule has 3 aromatic rings. The smallest absolute Gasteiger partial charge is 0.125 e. The first-order valence-corrected chi connectivity index (χ1v) is 6.97. The molecule has 0 unspecified atom stereocenters. The lowest BCUT2D eigenvalue weighted by Crippen LogP contribution is -2.04. The second-order valence-corrected chi connectivity index (χ2v) is 5.13. The van der Waals surface area contributed by atoms with Crippen molar-refractivity contribution in [2.75, 3.05) is 0 Å². The highest BCUT2D eigenvalue weighted by Gasteiger charge is 2.11. The van der Waals surface area contributed by atoms with E-state index in [1.54, 1.807) is 6.07 Å². The summed E-state index contributed by atoms with van der Waals surface area (Å²) in [6.45, 7) is 2.69. The number of imidazole rings is 1. The van der Waals surface area contributed by atoms with Gasteiger partial charge in [0.2, 0.25) is 0 Å². The Morgan fingerprint density at radius 2 is 1.90 bits per heavy atom. The van der Waals surface area contributed by atoms with Crippen LogP contribution in [0, 0.1) is 12.7 Å². The molecule has 2 aromatic carbocycles. The number of rotatable bonds is 3. The zero-order chi connectivity index (χ0) is 14.1. The summed E-state index contributed by atoms with van der Waals surface area (Å²) < 4.78 is 15.4. The second-order valence-electron chi connectivity index (χ2n) is 4.87. The van der Waals surface area contributed by atoms with Gasteiger partial charge < -0.3 is 4.57 Å². The fourth-order valence-corrected chi connectivity index (χ4v) is 2.50. The molecule has 0 fully saturated rings. The van der Waals surface area contributed by atoms with E-state index in [0.29, 0.717) is 12.4 Å². The largest absolute Gasteiger partial charge is 0.322 e. The molecule has 2 nitrogen and oxygen atoms in total. The van der Waals surface area contributed by atoms with Crippen LogP contribution >= 0.6 is 11.6 Å². The molecular weight excluding hydrogens is 275 g/mol. The standard InChI is InChI=1S/C16H14ClFN2/c1-11-2-4-12(5-3-11)10-20-15-8-13(18)6-7-14(15)19-16(20)9-17/h2-8H,9-10H2,1H3. The number of fused-ring (bicyclic) bond motifs is 1. The Hall–Kier alpha value is -1.87. The van der Waals surface area contributed by atoms with E-state index < -0.39 is 0 Å². The van der Waals surface area contributed by atoms with Crippen molar-refractivity contribution < 1.29 is 4.39 Å². The van der Waals surface area contributed by atoms with Crippen molar-refractivity contribution in [3.8, 4) is 0 Å². The van der Waals surface area contributed by atoms with Gasteiger partial charge in [-0.05, 0) is 30.7 Å². The molecule has 0 aliphatic heterocycles. The lowest BCUT2D eigenvalue weighted by Gasteiger charge is -2.08. The Balaban J connectivity index is 2.08.